The number of para-hydroxylation sites is 1. The van der Waals surface area contributed by atoms with Gasteiger partial charge < -0.3 is 10.1 Å². The van der Waals surface area contributed by atoms with Gasteiger partial charge in [0, 0.05) is 25.8 Å². The fourth-order valence-corrected chi connectivity index (χ4v) is 3.89. The van der Waals surface area contributed by atoms with Crippen LogP contribution in [0.3, 0.4) is 0 Å². The number of hydrogen-bond donors (Lipinski definition) is 1. The maximum atomic E-state index is 13.3. The summed E-state index contributed by atoms with van der Waals surface area (Å²) in [6, 6.07) is 11.5. The average Bonchev–Trinajstić information content (AvgIpc) is 2.64. The molecule has 2 aromatic rings. The third kappa shape index (κ3) is 6.74. The number of nitrogens with one attached hydrogen (secondary N) is 1. The Hall–Kier alpha value is -2.59. The first-order valence-electron chi connectivity index (χ1n) is 9.04. The van der Waals surface area contributed by atoms with Gasteiger partial charge in [-0.1, -0.05) is 24.3 Å². The van der Waals surface area contributed by atoms with Gasteiger partial charge in [-0.15, -0.1) is 0 Å². The van der Waals surface area contributed by atoms with Crippen LogP contribution in [0.25, 0.3) is 0 Å². The highest BCUT2D eigenvalue weighted by Crippen LogP contribution is 2.37. The van der Waals surface area contributed by atoms with Crippen LogP contribution >= 0.6 is 0 Å². The van der Waals surface area contributed by atoms with Gasteiger partial charge in [-0.25, -0.2) is 8.42 Å². The highest BCUT2D eigenvalue weighted by Gasteiger charge is 2.36. The van der Waals surface area contributed by atoms with E-state index in [1.807, 2.05) is 6.07 Å². The number of amides is 1. The maximum Gasteiger partial charge on any atom is 0.418 e. The maximum absolute atomic E-state index is 13.3. The molecular weight excluding hydrogens is 421 g/mol. The Morgan fingerprint density at radius 2 is 1.83 bits per heavy atom. The van der Waals surface area contributed by atoms with Gasteiger partial charge in [0.1, 0.15) is 0 Å². The summed E-state index contributed by atoms with van der Waals surface area (Å²) in [7, 11) is -2.43. The van der Waals surface area contributed by atoms with Gasteiger partial charge in [0.25, 0.3) is 0 Å². The minimum atomic E-state index is -4.70. The zero-order chi connectivity index (χ0) is 22.4. The second-order valence-electron chi connectivity index (χ2n) is 6.64. The Balaban J connectivity index is 2.07. The van der Waals surface area contributed by atoms with E-state index >= 15 is 0 Å². The van der Waals surface area contributed by atoms with Gasteiger partial charge in [0.15, 0.2) is 0 Å². The van der Waals surface area contributed by atoms with E-state index < -0.39 is 27.5 Å². The Morgan fingerprint density at radius 3 is 2.47 bits per heavy atom. The minimum absolute atomic E-state index is 0.0445. The molecule has 0 aliphatic rings. The number of carbonyl (C=O) groups excluding carboxylic acids is 1. The molecule has 2 rings (SSSR count). The van der Waals surface area contributed by atoms with Gasteiger partial charge in [-0.2, -0.15) is 13.2 Å². The van der Waals surface area contributed by atoms with Crippen molar-refractivity contribution < 1.29 is 31.1 Å². The topological polar surface area (TPSA) is 75.7 Å². The molecule has 6 nitrogen and oxygen atoms in total. The quantitative estimate of drug-likeness (QED) is 0.634. The van der Waals surface area contributed by atoms with Crippen molar-refractivity contribution in [2.24, 2.45) is 0 Å². The smallest absolute Gasteiger partial charge is 0.380 e. The zero-order valence-corrected chi connectivity index (χ0v) is 17.4. The van der Waals surface area contributed by atoms with Crippen LogP contribution in [-0.2, 0) is 32.3 Å². The lowest BCUT2D eigenvalue weighted by Gasteiger charge is -2.25. The van der Waals surface area contributed by atoms with Crippen LogP contribution in [0.2, 0.25) is 0 Å². The van der Waals surface area contributed by atoms with Gasteiger partial charge in [0.05, 0.1) is 24.1 Å². The predicted octanol–water partition coefficient (Wildman–Crippen LogP) is 4.04. The van der Waals surface area contributed by atoms with Crippen molar-refractivity contribution in [1.29, 1.82) is 0 Å². The molecule has 0 aliphatic heterocycles. The lowest BCUT2D eigenvalue weighted by molar-refractivity contribution is -0.137. The summed E-state index contributed by atoms with van der Waals surface area (Å²) >= 11 is 0. The molecule has 0 atom stereocenters. The Labute approximate surface area is 173 Å². The van der Waals surface area contributed by atoms with Gasteiger partial charge in [-0.05, 0) is 36.2 Å². The highest BCUT2D eigenvalue weighted by molar-refractivity contribution is 7.92. The molecular formula is C20H23F3N2O4S. The van der Waals surface area contributed by atoms with Crippen molar-refractivity contribution in [2.45, 2.75) is 25.6 Å². The Bertz CT molecular complexity index is 978. The monoisotopic (exact) mass is 444 g/mol. The third-order valence-corrected chi connectivity index (χ3v) is 5.35. The fraction of sp³-hybridized carbons (Fsp3) is 0.350. The number of rotatable bonds is 9. The Kier molecular flexibility index (Phi) is 7.85. The van der Waals surface area contributed by atoms with E-state index in [0.29, 0.717) is 16.6 Å². The van der Waals surface area contributed by atoms with Crippen LogP contribution in [-0.4, -0.2) is 34.2 Å². The van der Waals surface area contributed by atoms with Gasteiger partial charge >= 0.3 is 6.18 Å². The summed E-state index contributed by atoms with van der Waals surface area (Å²) in [4.78, 5) is 12.2. The van der Waals surface area contributed by atoms with E-state index in [1.54, 1.807) is 25.3 Å². The third-order valence-electron chi connectivity index (χ3n) is 4.17. The first-order valence-corrected chi connectivity index (χ1v) is 10.9. The van der Waals surface area contributed by atoms with E-state index in [4.69, 9.17) is 4.74 Å². The first-order chi connectivity index (χ1) is 14.0. The van der Waals surface area contributed by atoms with Gasteiger partial charge in [0.2, 0.25) is 15.9 Å². The van der Waals surface area contributed by atoms with E-state index in [9.17, 15) is 26.4 Å². The molecule has 1 amide bonds. The fourth-order valence-electron chi connectivity index (χ4n) is 2.91. The normalized spacial score (nSPS) is 11.9. The molecule has 1 N–H and O–H groups in total. The number of ether oxygens (including phenoxy) is 1. The van der Waals surface area contributed by atoms with Crippen molar-refractivity contribution in [2.75, 3.05) is 29.5 Å². The second-order valence-corrected chi connectivity index (χ2v) is 8.54. The lowest BCUT2D eigenvalue weighted by Crippen LogP contribution is -2.33. The zero-order valence-electron chi connectivity index (χ0n) is 16.6. The van der Waals surface area contributed by atoms with Crippen molar-refractivity contribution in [1.82, 2.24) is 0 Å². The minimum Gasteiger partial charge on any atom is -0.380 e. The molecule has 164 valence electrons. The van der Waals surface area contributed by atoms with E-state index in [-0.39, 0.29) is 25.3 Å². The number of methoxy groups -OCH3 is 1. The summed E-state index contributed by atoms with van der Waals surface area (Å²) < 4.78 is 69.8. The van der Waals surface area contributed by atoms with Crippen LogP contribution in [0.5, 0.6) is 0 Å². The van der Waals surface area contributed by atoms with Crippen molar-refractivity contribution in [3.8, 4) is 0 Å². The summed E-state index contributed by atoms with van der Waals surface area (Å²) in [5.41, 5.74) is -0.0887. The van der Waals surface area contributed by atoms with Crippen LogP contribution in [0.1, 0.15) is 24.0 Å². The van der Waals surface area contributed by atoms with E-state index in [1.165, 1.54) is 12.1 Å². The lowest BCUT2D eigenvalue weighted by atomic mass is 10.1. The summed E-state index contributed by atoms with van der Waals surface area (Å²) in [5.74, 6) is -0.373. The first kappa shape index (κ1) is 23.7. The van der Waals surface area contributed by atoms with Crippen LogP contribution in [0.4, 0.5) is 24.5 Å². The molecule has 30 heavy (non-hydrogen) atoms. The predicted molar refractivity (Wildman–Crippen MR) is 109 cm³/mol. The number of alkyl halides is 3. The molecule has 0 saturated heterocycles. The number of benzene rings is 2. The number of anilines is 2. The number of sulfonamides is 1. The van der Waals surface area contributed by atoms with Crippen LogP contribution in [0.15, 0.2) is 48.5 Å². The van der Waals surface area contributed by atoms with E-state index in [0.717, 1.165) is 24.0 Å². The molecule has 10 heteroatoms. The Morgan fingerprint density at radius 1 is 1.13 bits per heavy atom. The highest BCUT2D eigenvalue weighted by atomic mass is 32.2. The molecule has 0 fully saturated rings. The molecule has 0 spiro atoms. The van der Waals surface area contributed by atoms with E-state index in [2.05, 4.69) is 5.32 Å². The van der Waals surface area contributed by atoms with Crippen molar-refractivity contribution in [3.05, 3.63) is 59.7 Å². The molecule has 0 radical (unpaired) electrons. The number of carbonyl (C=O) groups is 1. The van der Waals surface area contributed by atoms with Crippen molar-refractivity contribution in [3.63, 3.8) is 0 Å². The molecule has 0 aromatic heterocycles. The van der Waals surface area contributed by atoms with Crippen LogP contribution in [0, 0.1) is 0 Å². The molecule has 0 bridgehead atoms. The number of halogens is 3. The summed E-state index contributed by atoms with van der Waals surface area (Å²) in [6.07, 6.45) is -3.89. The number of nitrogens with zero attached hydrogens (tertiary/aromatic N) is 1. The number of hydrogen-bond acceptors (Lipinski definition) is 4. The molecule has 0 heterocycles. The van der Waals surface area contributed by atoms with Crippen molar-refractivity contribution >= 4 is 27.3 Å². The molecule has 0 unspecified atom stereocenters. The SMILES string of the molecule is COCc1cccc(NC(=O)CCCN(c2ccccc2C(F)(F)F)S(C)(=O)=O)c1. The summed E-state index contributed by atoms with van der Waals surface area (Å²) in [5, 5.41) is 2.69. The van der Waals surface area contributed by atoms with Gasteiger partial charge in [-0.3, -0.25) is 9.10 Å². The largest absolute Gasteiger partial charge is 0.418 e. The van der Waals surface area contributed by atoms with Crippen LogP contribution < -0.4 is 9.62 Å². The summed E-state index contributed by atoms with van der Waals surface area (Å²) in [6.45, 7) is 0.120. The molecule has 2 aromatic carbocycles. The standard InChI is InChI=1S/C20H23F3N2O4S/c1-29-14-15-7-5-8-16(13-15)24-19(26)11-6-12-25(30(2,27)28)18-10-4-3-9-17(18)20(21,22)23/h3-5,7-10,13H,6,11-12,14H2,1-2H3,(H,24,26). The average molecular weight is 444 g/mol. The second kappa shape index (κ2) is 9.94. The molecule has 0 aliphatic carbocycles. The molecule has 0 saturated carbocycles.